The fraction of sp³-hybridized carbons (Fsp3) is 0.500. The summed E-state index contributed by atoms with van der Waals surface area (Å²) in [6.07, 6.45) is 0.793. The van der Waals surface area contributed by atoms with Gasteiger partial charge >= 0.3 is 0 Å². The molecule has 0 aromatic heterocycles. The zero-order valence-electron chi connectivity index (χ0n) is 12.2. The average molecular weight is 316 g/mol. The summed E-state index contributed by atoms with van der Waals surface area (Å²) in [7, 11) is -3.98. The van der Waals surface area contributed by atoms with Gasteiger partial charge in [-0.1, -0.05) is 20.3 Å². The van der Waals surface area contributed by atoms with E-state index >= 15 is 0 Å². The van der Waals surface area contributed by atoms with Gasteiger partial charge in [0, 0.05) is 12.1 Å². The molecule has 2 atom stereocenters. The number of nitrogens with one attached hydrogen (secondary N) is 2. The fourth-order valence-corrected chi connectivity index (χ4v) is 3.26. The molecular weight excluding hydrogens is 296 g/mol. The Kier molecular flexibility index (Phi) is 5.64. The fourth-order valence-electron chi connectivity index (χ4n) is 1.75. The van der Waals surface area contributed by atoms with E-state index in [-0.39, 0.29) is 22.5 Å². The van der Waals surface area contributed by atoms with Crippen LogP contribution in [0.1, 0.15) is 27.2 Å². The summed E-state index contributed by atoms with van der Waals surface area (Å²) >= 11 is 0. The van der Waals surface area contributed by atoms with Gasteiger partial charge in [-0.05, 0) is 25.0 Å². The number of hydrogen-bond acceptors (Lipinski definition) is 6. The Morgan fingerprint density at radius 2 is 2.00 bits per heavy atom. The third-order valence-electron chi connectivity index (χ3n) is 3.45. The average Bonchev–Trinajstić information content (AvgIpc) is 2.44. The maximum absolute atomic E-state index is 12.3. The molecule has 0 heterocycles. The lowest BCUT2D eigenvalue weighted by molar-refractivity contribution is -0.387. The third kappa shape index (κ3) is 4.13. The maximum atomic E-state index is 12.3. The predicted molar refractivity (Wildman–Crippen MR) is 80.1 cm³/mol. The molecule has 0 spiro atoms. The number of rotatable bonds is 7. The van der Waals surface area contributed by atoms with Crippen molar-refractivity contribution in [3.8, 4) is 0 Å². The molecule has 21 heavy (non-hydrogen) atoms. The van der Waals surface area contributed by atoms with E-state index in [1.165, 1.54) is 12.1 Å². The normalized spacial score (nSPS) is 14.5. The van der Waals surface area contributed by atoms with E-state index in [4.69, 9.17) is 5.84 Å². The van der Waals surface area contributed by atoms with Crippen molar-refractivity contribution >= 4 is 21.4 Å². The molecule has 0 aliphatic rings. The number of nitrogens with two attached hydrogens (primary N) is 1. The molecule has 0 saturated heterocycles. The van der Waals surface area contributed by atoms with Gasteiger partial charge in [0.2, 0.25) is 10.0 Å². The maximum Gasteiger partial charge on any atom is 0.291 e. The lowest BCUT2D eigenvalue weighted by Crippen LogP contribution is -2.37. The Morgan fingerprint density at radius 1 is 1.38 bits per heavy atom. The third-order valence-corrected chi connectivity index (χ3v) is 5.06. The summed E-state index contributed by atoms with van der Waals surface area (Å²) in [6.45, 7) is 5.58. The van der Waals surface area contributed by atoms with Crippen molar-refractivity contribution < 1.29 is 13.3 Å². The van der Waals surface area contributed by atoms with Crippen LogP contribution in [0.3, 0.4) is 0 Å². The number of hydrogen-bond donors (Lipinski definition) is 3. The molecule has 8 nitrogen and oxygen atoms in total. The molecule has 0 saturated carbocycles. The lowest BCUT2D eigenvalue weighted by Gasteiger charge is -2.19. The van der Waals surface area contributed by atoms with Gasteiger partial charge in [-0.15, -0.1) is 0 Å². The van der Waals surface area contributed by atoms with Gasteiger partial charge in [-0.25, -0.2) is 13.1 Å². The molecular formula is C12H20N4O4S. The monoisotopic (exact) mass is 316 g/mol. The van der Waals surface area contributed by atoms with Crippen LogP contribution in [-0.4, -0.2) is 19.4 Å². The van der Waals surface area contributed by atoms with Crippen LogP contribution in [-0.2, 0) is 10.0 Å². The molecule has 0 aliphatic heterocycles. The van der Waals surface area contributed by atoms with Crippen LogP contribution in [0.25, 0.3) is 0 Å². The summed E-state index contributed by atoms with van der Waals surface area (Å²) < 4.78 is 27.1. The molecule has 4 N–H and O–H groups in total. The van der Waals surface area contributed by atoms with Crippen molar-refractivity contribution in [3.63, 3.8) is 0 Å². The summed E-state index contributed by atoms with van der Waals surface area (Å²) in [5.74, 6) is 5.29. The smallest absolute Gasteiger partial charge is 0.291 e. The number of sulfonamides is 1. The molecule has 0 bridgehead atoms. The highest BCUT2D eigenvalue weighted by Gasteiger charge is 2.28. The first-order chi connectivity index (χ1) is 9.72. The molecule has 1 aromatic carbocycles. The molecule has 9 heteroatoms. The Labute approximate surface area is 123 Å². The second-order valence-corrected chi connectivity index (χ2v) is 6.56. The van der Waals surface area contributed by atoms with Gasteiger partial charge in [0.05, 0.1) is 10.6 Å². The van der Waals surface area contributed by atoms with Gasteiger partial charge in [0.1, 0.15) is 0 Å². The first-order valence-corrected chi connectivity index (χ1v) is 7.98. The molecule has 118 valence electrons. The van der Waals surface area contributed by atoms with Crippen LogP contribution < -0.4 is 16.0 Å². The topological polar surface area (TPSA) is 127 Å². The summed E-state index contributed by atoms with van der Waals surface area (Å²) in [4.78, 5) is 9.94. The number of nitro benzene ring substituents is 1. The van der Waals surface area contributed by atoms with E-state index < -0.39 is 20.6 Å². The molecule has 0 fully saturated rings. The first-order valence-electron chi connectivity index (χ1n) is 6.50. The van der Waals surface area contributed by atoms with Crippen molar-refractivity contribution in [1.82, 2.24) is 4.72 Å². The largest absolute Gasteiger partial charge is 0.324 e. The number of hydrazine groups is 1. The number of benzene rings is 1. The zero-order valence-corrected chi connectivity index (χ0v) is 13.0. The Bertz CT molecular complexity index is 618. The van der Waals surface area contributed by atoms with E-state index in [1.807, 2.05) is 13.8 Å². The van der Waals surface area contributed by atoms with Crippen LogP contribution in [0.15, 0.2) is 23.1 Å². The second kappa shape index (κ2) is 6.83. The van der Waals surface area contributed by atoms with E-state index in [2.05, 4.69) is 10.1 Å². The molecule has 1 aromatic rings. The van der Waals surface area contributed by atoms with Crippen molar-refractivity contribution in [2.24, 2.45) is 11.8 Å². The SMILES string of the molecule is CCC(C)C(C)NS(=O)(=O)c1ccc(NN)cc1[N+](=O)[O-]. The second-order valence-electron chi connectivity index (χ2n) is 4.88. The van der Waals surface area contributed by atoms with Gasteiger partial charge in [-0.3, -0.25) is 16.0 Å². The van der Waals surface area contributed by atoms with Gasteiger partial charge in [-0.2, -0.15) is 0 Å². The molecule has 0 amide bonds. The highest BCUT2D eigenvalue weighted by Crippen LogP contribution is 2.27. The molecule has 0 radical (unpaired) electrons. The molecule has 2 unspecified atom stereocenters. The Balaban J connectivity index is 3.22. The van der Waals surface area contributed by atoms with Crippen molar-refractivity contribution in [1.29, 1.82) is 0 Å². The number of nitrogens with zero attached hydrogens (tertiary/aromatic N) is 1. The van der Waals surface area contributed by atoms with Gasteiger partial charge < -0.3 is 5.43 Å². The number of anilines is 1. The summed E-state index contributed by atoms with van der Waals surface area (Å²) in [6, 6.07) is 3.30. The minimum Gasteiger partial charge on any atom is -0.324 e. The minimum atomic E-state index is -3.98. The van der Waals surface area contributed by atoms with Crippen LogP contribution in [0.2, 0.25) is 0 Å². The van der Waals surface area contributed by atoms with Gasteiger partial charge in [0.25, 0.3) is 5.69 Å². The number of nitro groups is 1. The van der Waals surface area contributed by atoms with Crippen LogP contribution in [0.4, 0.5) is 11.4 Å². The Morgan fingerprint density at radius 3 is 2.48 bits per heavy atom. The van der Waals surface area contributed by atoms with Gasteiger partial charge in [0.15, 0.2) is 4.90 Å². The van der Waals surface area contributed by atoms with Crippen molar-refractivity contribution in [3.05, 3.63) is 28.3 Å². The van der Waals surface area contributed by atoms with E-state index in [1.54, 1.807) is 6.92 Å². The summed E-state index contributed by atoms with van der Waals surface area (Å²) in [5.41, 5.74) is 1.99. The molecule has 1 rings (SSSR count). The number of nitrogen functional groups attached to an aromatic ring is 1. The summed E-state index contributed by atoms with van der Waals surface area (Å²) in [5, 5.41) is 11.1. The highest BCUT2D eigenvalue weighted by molar-refractivity contribution is 7.89. The highest BCUT2D eigenvalue weighted by atomic mass is 32.2. The lowest BCUT2D eigenvalue weighted by atomic mass is 10.0. The van der Waals surface area contributed by atoms with Crippen LogP contribution >= 0.6 is 0 Å². The standard InChI is InChI=1S/C12H20N4O4S/c1-4-8(2)9(3)15-21(19,20)12-6-5-10(14-13)7-11(12)16(17)18/h5-9,14-15H,4,13H2,1-3H3. The van der Waals surface area contributed by atoms with Crippen LogP contribution in [0.5, 0.6) is 0 Å². The predicted octanol–water partition coefficient (Wildman–Crippen LogP) is 1.59. The minimum absolute atomic E-state index is 0.115. The van der Waals surface area contributed by atoms with E-state index in [0.717, 1.165) is 12.5 Å². The quantitative estimate of drug-likeness (QED) is 0.398. The van der Waals surface area contributed by atoms with Crippen molar-refractivity contribution in [2.45, 2.75) is 38.1 Å². The van der Waals surface area contributed by atoms with E-state index in [9.17, 15) is 18.5 Å². The van der Waals surface area contributed by atoms with Crippen molar-refractivity contribution in [2.75, 3.05) is 5.43 Å². The van der Waals surface area contributed by atoms with Crippen LogP contribution in [0, 0.1) is 16.0 Å². The van der Waals surface area contributed by atoms with E-state index in [0.29, 0.717) is 0 Å². The Hall–Kier alpha value is -1.71. The molecule has 0 aliphatic carbocycles. The zero-order chi connectivity index (χ0) is 16.2. The first kappa shape index (κ1) is 17.3.